The van der Waals surface area contributed by atoms with Crippen LogP contribution < -0.4 is 5.56 Å². The summed E-state index contributed by atoms with van der Waals surface area (Å²) in [7, 11) is -4.48. The van der Waals surface area contributed by atoms with Crippen molar-refractivity contribution >= 4 is 10.1 Å². The van der Waals surface area contributed by atoms with Gasteiger partial charge in [-0.3, -0.25) is 9.89 Å². The molecule has 18 heavy (non-hydrogen) atoms. The van der Waals surface area contributed by atoms with Gasteiger partial charge in [0, 0.05) is 11.8 Å². The summed E-state index contributed by atoms with van der Waals surface area (Å²) < 4.78 is 33.9. The van der Waals surface area contributed by atoms with E-state index in [1.807, 2.05) is 0 Å². The summed E-state index contributed by atoms with van der Waals surface area (Å²) in [4.78, 5) is 11.3. The van der Waals surface area contributed by atoms with Crippen molar-refractivity contribution in [2.75, 3.05) is 0 Å². The maximum atomic E-state index is 11.6. The number of hydrogen-bond donors (Lipinski definition) is 1. The molecule has 96 valence electrons. The number of nitrogens with one attached hydrogen (secondary N) is 1. The first kappa shape index (κ1) is 12.6. The SMILES string of the molecule is Cc1cc(=O)n(-c2ccc(S(=O)(=O)[O-])cc2C)[nH]1. The minimum Gasteiger partial charge on any atom is -0.744 e. The summed E-state index contributed by atoms with van der Waals surface area (Å²) in [6.45, 7) is 3.37. The normalized spacial score (nSPS) is 11.7. The van der Waals surface area contributed by atoms with Crippen LogP contribution in [0.25, 0.3) is 5.69 Å². The number of aryl methyl sites for hydroxylation is 2. The third kappa shape index (κ3) is 2.22. The van der Waals surface area contributed by atoms with E-state index in [1.165, 1.54) is 28.9 Å². The van der Waals surface area contributed by atoms with E-state index in [-0.39, 0.29) is 10.5 Å². The van der Waals surface area contributed by atoms with Gasteiger partial charge in [0.15, 0.2) is 0 Å². The van der Waals surface area contributed by atoms with E-state index >= 15 is 0 Å². The standard InChI is InChI=1S/C11H12N2O4S/c1-7-5-9(18(15,16)17)3-4-10(7)13-11(14)6-8(2)12-13/h3-6,12H,1-2H3,(H,15,16,17)/p-1. The lowest BCUT2D eigenvalue weighted by Gasteiger charge is -2.11. The quantitative estimate of drug-likeness (QED) is 0.810. The van der Waals surface area contributed by atoms with Crippen LogP contribution in [0.5, 0.6) is 0 Å². The number of H-pyrrole nitrogens is 1. The summed E-state index contributed by atoms with van der Waals surface area (Å²) in [5.41, 5.74) is 1.49. The molecule has 2 aromatic rings. The van der Waals surface area contributed by atoms with Gasteiger partial charge in [-0.25, -0.2) is 13.1 Å². The molecular formula is C11H11N2O4S-. The fourth-order valence-electron chi connectivity index (χ4n) is 1.73. The zero-order valence-electron chi connectivity index (χ0n) is 9.80. The van der Waals surface area contributed by atoms with Gasteiger partial charge >= 0.3 is 0 Å². The zero-order chi connectivity index (χ0) is 13.5. The first-order valence-electron chi connectivity index (χ1n) is 5.14. The highest BCUT2D eigenvalue weighted by atomic mass is 32.2. The second-order valence-electron chi connectivity index (χ2n) is 4.02. The van der Waals surface area contributed by atoms with E-state index in [2.05, 4.69) is 5.10 Å². The molecule has 0 spiro atoms. The summed E-state index contributed by atoms with van der Waals surface area (Å²) >= 11 is 0. The average molecular weight is 267 g/mol. The molecule has 0 unspecified atom stereocenters. The lowest BCUT2D eigenvalue weighted by Crippen LogP contribution is -2.15. The molecule has 1 aromatic carbocycles. The molecule has 0 atom stereocenters. The molecule has 1 heterocycles. The molecule has 0 radical (unpaired) electrons. The molecule has 2 rings (SSSR count). The highest BCUT2D eigenvalue weighted by Gasteiger charge is 2.08. The Bertz CT molecular complexity index is 756. The van der Waals surface area contributed by atoms with Crippen LogP contribution in [-0.4, -0.2) is 22.8 Å². The Kier molecular flexibility index (Phi) is 2.88. The number of rotatable bonds is 2. The van der Waals surface area contributed by atoms with Crippen LogP contribution >= 0.6 is 0 Å². The van der Waals surface area contributed by atoms with E-state index < -0.39 is 10.1 Å². The third-order valence-corrected chi connectivity index (χ3v) is 3.38. The molecule has 0 fully saturated rings. The van der Waals surface area contributed by atoms with Crippen LogP contribution in [0.2, 0.25) is 0 Å². The molecule has 0 aliphatic heterocycles. The Labute approximate surface area is 104 Å². The minimum absolute atomic E-state index is 0.242. The number of aromatic amines is 1. The Morgan fingerprint density at radius 3 is 2.33 bits per heavy atom. The van der Waals surface area contributed by atoms with Gasteiger partial charge in [-0.15, -0.1) is 0 Å². The van der Waals surface area contributed by atoms with Crippen molar-refractivity contribution in [1.82, 2.24) is 9.78 Å². The topological polar surface area (TPSA) is 95.0 Å². The second-order valence-corrected chi connectivity index (χ2v) is 5.39. The van der Waals surface area contributed by atoms with Crippen molar-refractivity contribution in [3.63, 3.8) is 0 Å². The Morgan fingerprint density at radius 1 is 1.22 bits per heavy atom. The Morgan fingerprint density at radius 2 is 1.89 bits per heavy atom. The fraction of sp³-hybridized carbons (Fsp3) is 0.182. The molecule has 0 aliphatic rings. The van der Waals surface area contributed by atoms with E-state index in [0.717, 1.165) is 0 Å². The van der Waals surface area contributed by atoms with Crippen LogP contribution in [-0.2, 0) is 10.1 Å². The molecule has 6 nitrogen and oxygen atoms in total. The van der Waals surface area contributed by atoms with Crippen molar-refractivity contribution in [2.24, 2.45) is 0 Å². The van der Waals surface area contributed by atoms with E-state index in [9.17, 15) is 17.8 Å². The highest BCUT2D eigenvalue weighted by Crippen LogP contribution is 2.17. The number of nitrogens with zero attached hydrogens (tertiary/aromatic N) is 1. The van der Waals surface area contributed by atoms with E-state index in [4.69, 9.17) is 0 Å². The minimum atomic E-state index is -4.48. The second kappa shape index (κ2) is 4.11. The summed E-state index contributed by atoms with van der Waals surface area (Å²) in [6, 6.07) is 5.29. The van der Waals surface area contributed by atoms with Gasteiger partial charge in [0.25, 0.3) is 5.56 Å². The van der Waals surface area contributed by atoms with Crippen molar-refractivity contribution in [3.8, 4) is 5.69 Å². The average Bonchev–Trinajstić information content (AvgIpc) is 2.56. The van der Waals surface area contributed by atoms with Crippen LogP contribution in [0.1, 0.15) is 11.3 Å². The van der Waals surface area contributed by atoms with Crippen LogP contribution in [0, 0.1) is 13.8 Å². The van der Waals surface area contributed by atoms with Gasteiger partial charge in [0.2, 0.25) is 0 Å². The molecule has 1 N–H and O–H groups in total. The Hall–Kier alpha value is -1.86. The molecule has 0 aliphatic carbocycles. The first-order valence-corrected chi connectivity index (χ1v) is 6.55. The smallest absolute Gasteiger partial charge is 0.271 e. The molecule has 0 bridgehead atoms. The van der Waals surface area contributed by atoms with Crippen LogP contribution in [0.3, 0.4) is 0 Å². The summed E-state index contributed by atoms with van der Waals surface area (Å²) in [5, 5.41) is 2.84. The molecular weight excluding hydrogens is 256 g/mol. The van der Waals surface area contributed by atoms with Gasteiger partial charge in [0.05, 0.1) is 10.6 Å². The third-order valence-electron chi connectivity index (χ3n) is 2.55. The summed E-state index contributed by atoms with van der Waals surface area (Å²) in [5.74, 6) is 0. The largest absolute Gasteiger partial charge is 0.744 e. The van der Waals surface area contributed by atoms with Crippen molar-refractivity contribution < 1.29 is 13.0 Å². The zero-order valence-corrected chi connectivity index (χ0v) is 10.6. The maximum absolute atomic E-state index is 11.6. The maximum Gasteiger partial charge on any atom is 0.271 e. The number of aromatic nitrogens is 2. The molecule has 7 heteroatoms. The predicted molar refractivity (Wildman–Crippen MR) is 63.8 cm³/mol. The van der Waals surface area contributed by atoms with Gasteiger partial charge in [0.1, 0.15) is 10.1 Å². The van der Waals surface area contributed by atoms with E-state index in [0.29, 0.717) is 16.9 Å². The van der Waals surface area contributed by atoms with Gasteiger partial charge in [-0.2, -0.15) is 0 Å². The van der Waals surface area contributed by atoms with E-state index in [1.54, 1.807) is 13.8 Å². The van der Waals surface area contributed by atoms with Crippen LogP contribution in [0.4, 0.5) is 0 Å². The lowest BCUT2D eigenvalue weighted by molar-refractivity contribution is 0.463. The summed E-state index contributed by atoms with van der Waals surface area (Å²) in [6.07, 6.45) is 0. The first-order chi connectivity index (χ1) is 8.29. The number of benzene rings is 1. The fourth-order valence-corrected chi connectivity index (χ4v) is 2.28. The predicted octanol–water partition coefficient (Wildman–Crippen LogP) is 0.687. The van der Waals surface area contributed by atoms with Gasteiger partial charge in [-0.05, 0) is 37.6 Å². The molecule has 0 amide bonds. The van der Waals surface area contributed by atoms with Crippen LogP contribution in [0.15, 0.2) is 34.0 Å². The van der Waals surface area contributed by atoms with Crippen molar-refractivity contribution in [1.29, 1.82) is 0 Å². The van der Waals surface area contributed by atoms with Gasteiger partial charge in [-0.1, -0.05) is 0 Å². The molecule has 0 saturated heterocycles. The molecule has 1 aromatic heterocycles. The number of hydrogen-bond acceptors (Lipinski definition) is 4. The molecule has 0 saturated carbocycles. The van der Waals surface area contributed by atoms with Crippen molar-refractivity contribution in [3.05, 3.63) is 45.9 Å². The van der Waals surface area contributed by atoms with Crippen molar-refractivity contribution in [2.45, 2.75) is 18.7 Å². The van der Waals surface area contributed by atoms with Gasteiger partial charge < -0.3 is 4.55 Å². The Balaban J connectivity index is 2.62. The highest BCUT2D eigenvalue weighted by molar-refractivity contribution is 7.85. The monoisotopic (exact) mass is 267 g/mol. The lowest BCUT2D eigenvalue weighted by atomic mass is 10.2.